The second kappa shape index (κ2) is 8.84. The van der Waals surface area contributed by atoms with Crippen LogP contribution >= 0.6 is 0 Å². The lowest BCUT2D eigenvalue weighted by atomic mass is 9.99. The summed E-state index contributed by atoms with van der Waals surface area (Å²) in [5.74, 6) is -0.208. The average molecular weight is 398 g/mol. The number of ketones is 1. The molecule has 1 aliphatic rings. The van der Waals surface area contributed by atoms with Crippen LogP contribution in [0.1, 0.15) is 32.8 Å². The van der Waals surface area contributed by atoms with Crippen molar-refractivity contribution in [3.05, 3.63) is 66.9 Å². The van der Waals surface area contributed by atoms with Gasteiger partial charge in [-0.2, -0.15) is 0 Å². The molecule has 150 valence electrons. The highest BCUT2D eigenvalue weighted by Gasteiger charge is 2.44. The van der Waals surface area contributed by atoms with Gasteiger partial charge in [-0.3, -0.25) is 9.59 Å². The van der Waals surface area contributed by atoms with Crippen molar-refractivity contribution in [3.63, 3.8) is 0 Å². The van der Waals surface area contributed by atoms with Gasteiger partial charge in [-0.1, -0.05) is 69.3 Å². The average Bonchev–Trinajstić information content (AvgIpc) is 2.62. The predicted molar refractivity (Wildman–Crippen MR) is 117 cm³/mol. The Balaban J connectivity index is 2.42. The number of amides is 1. The number of nitrogens with zero attached hydrogens (tertiary/aromatic N) is 1. The zero-order chi connectivity index (χ0) is 20.9. The minimum atomic E-state index is -2.21. The smallest absolute Gasteiger partial charge is 0.230 e. The summed E-state index contributed by atoms with van der Waals surface area (Å²) in [6.07, 6.45) is 7.93. The second-order valence-corrected chi connectivity index (χ2v) is 13.3. The molecule has 0 bridgehead atoms. The number of benzene rings is 1. The molecule has 0 aromatic heterocycles. The van der Waals surface area contributed by atoms with Gasteiger partial charge < -0.3 is 9.33 Å². The SMILES string of the molecule is C=CCC(=O)N1C=CC(=O)[C@@H](O[Si](C)(C)C(C)(C)C)[C@H]1/C=C/c1ccccc1. The quantitative estimate of drug-likeness (QED) is 0.503. The van der Waals surface area contributed by atoms with E-state index in [2.05, 4.69) is 40.4 Å². The Morgan fingerprint density at radius 2 is 1.89 bits per heavy atom. The van der Waals surface area contributed by atoms with Crippen LogP contribution in [0.3, 0.4) is 0 Å². The highest BCUT2D eigenvalue weighted by atomic mass is 28.4. The molecule has 0 unspecified atom stereocenters. The standard InChI is InChI=1S/C23H31NO3Si/c1-7-11-21(26)24-17-16-20(25)22(27-28(5,6)23(2,3)4)19(24)15-14-18-12-9-8-10-13-18/h7-10,12-17,19,22H,1,11H2,2-6H3/b15-14+/t19-,22+/m1/s1. The van der Waals surface area contributed by atoms with E-state index in [4.69, 9.17) is 4.43 Å². The zero-order valence-corrected chi connectivity index (χ0v) is 18.5. The van der Waals surface area contributed by atoms with Gasteiger partial charge in [0.2, 0.25) is 5.91 Å². The largest absolute Gasteiger partial charge is 0.404 e. The molecule has 1 amide bonds. The van der Waals surface area contributed by atoms with Gasteiger partial charge in [-0.25, -0.2) is 0 Å². The molecule has 2 atom stereocenters. The molecule has 0 aliphatic carbocycles. The molecule has 0 fully saturated rings. The summed E-state index contributed by atoms with van der Waals surface area (Å²) in [5.41, 5.74) is 1.01. The first-order chi connectivity index (χ1) is 13.1. The number of hydrogen-bond acceptors (Lipinski definition) is 3. The molecular formula is C23H31NO3Si. The van der Waals surface area contributed by atoms with E-state index < -0.39 is 20.5 Å². The van der Waals surface area contributed by atoms with E-state index in [1.807, 2.05) is 42.5 Å². The number of carbonyl (C=O) groups excluding carboxylic acids is 2. The van der Waals surface area contributed by atoms with Crippen LogP contribution in [0.5, 0.6) is 0 Å². The Hall–Kier alpha value is -2.24. The van der Waals surface area contributed by atoms with Crippen molar-refractivity contribution in [2.75, 3.05) is 0 Å². The number of rotatable bonds is 6. The van der Waals surface area contributed by atoms with E-state index in [1.54, 1.807) is 17.2 Å². The van der Waals surface area contributed by atoms with Crippen molar-refractivity contribution in [2.45, 2.75) is 57.5 Å². The monoisotopic (exact) mass is 397 g/mol. The van der Waals surface area contributed by atoms with Crippen LogP contribution in [-0.4, -0.2) is 37.1 Å². The Morgan fingerprint density at radius 1 is 1.25 bits per heavy atom. The van der Waals surface area contributed by atoms with Crippen LogP contribution in [0.4, 0.5) is 0 Å². The first-order valence-electron chi connectivity index (χ1n) is 9.62. The Morgan fingerprint density at radius 3 is 2.46 bits per heavy atom. The minimum absolute atomic E-state index is 0.0436. The van der Waals surface area contributed by atoms with Crippen molar-refractivity contribution in [1.82, 2.24) is 4.90 Å². The molecular weight excluding hydrogens is 366 g/mol. The summed E-state index contributed by atoms with van der Waals surface area (Å²) >= 11 is 0. The second-order valence-electron chi connectivity index (χ2n) is 8.57. The van der Waals surface area contributed by atoms with Gasteiger partial charge >= 0.3 is 0 Å². The number of carbonyl (C=O) groups is 2. The van der Waals surface area contributed by atoms with Gasteiger partial charge in [0.05, 0.1) is 6.04 Å². The van der Waals surface area contributed by atoms with Gasteiger partial charge in [0.25, 0.3) is 0 Å². The summed E-state index contributed by atoms with van der Waals surface area (Å²) in [7, 11) is -2.21. The summed E-state index contributed by atoms with van der Waals surface area (Å²) in [5, 5.41) is -0.0436. The molecule has 1 aromatic rings. The van der Waals surface area contributed by atoms with E-state index >= 15 is 0 Å². The molecule has 2 rings (SSSR count). The molecule has 0 radical (unpaired) electrons. The van der Waals surface area contributed by atoms with Crippen molar-refractivity contribution < 1.29 is 14.0 Å². The Bertz CT molecular complexity index is 775. The summed E-state index contributed by atoms with van der Waals surface area (Å²) in [6, 6.07) is 9.34. The van der Waals surface area contributed by atoms with Crippen LogP contribution in [0.2, 0.25) is 18.1 Å². The van der Waals surface area contributed by atoms with E-state index in [0.29, 0.717) is 0 Å². The van der Waals surface area contributed by atoms with Crippen LogP contribution in [0.15, 0.2) is 61.3 Å². The predicted octanol–water partition coefficient (Wildman–Crippen LogP) is 4.96. The van der Waals surface area contributed by atoms with E-state index in [9.17, 15) is 9.59 Å². The first kappa shape index (κ1) is 22.1. The van der Waals surface area contributed by atoms with Crippen LogP contribution in [-0.2, 0) is 14.0 Å². The summed E-state index contributed by atoms with van der Waals surface area (Å²) in [6.45, 7) is 14.3. The molecule has 1 heterocycles. The van der Waals surface area contributed by atoms with Crippen molar-refractivity contribution in [3.8, 4) is 0 Å². The zero-order valence-electron chi connectivity index (χ0n) is 17.5. The lowest BCUT2D eigenvalue weighted by Gasteiger charge is -2.43. The summed E-state index contributed by atoms with van der Waals surface area (Å²) < 4.78 is 6.48. The fraction of sp³-hybridized carbons (Fsp3) is 0.391. The van der Waals surface area contributed by atoms with E-state index in [0.717, 1.165) is 5.56 Å². The Kier molecular flexibility index (Phi) is 6.96. The molecule has 4 nitrogen and oxygen atoms in total. The normalized spacial score (nSPS) is 20.6. The molecule has 0 spiro atoms. The molecule has 0 N–H and O–H groups in total. The highest BCUT2D eigenvalue weighted by molar-refractivity contribution is 6.74. The molecule has 1 aliphatic heterocycles. The van der Waals surface area contributed by atoms with Crippen molar-refractivity contribution in [1.29, 1.82) is 0 Å². The first-order valence-corrected chi connectivity index (χ1v) is 12.5. The molecule has 28 heavy (non-hydrogen) atoms. The molecule has 5 heteroatoms. The van der Waals surface area contributed by atoms with Crippen LogP contribution < -0.4 is 0 Å². The van der Waals surface area contributed by atoms with Gasteiger partial charge in [0.15, 0.2) is 14.1 Å². The fourth-order valence-corrected chi connectivity index (χ4v) is 3.97. The fourth-order valence-electron chi connectivity index (χ4n) is 2.73. The minimum Gasteiger partial charge on any atom is -0.404 e. The molecule has 1 aromatic carbocycles. The summed E-state index contributed by atoms with van der Waals surface area (Å²) in [4.78, 5) is 27.0. The van der Waals surface area contributed by atoms with E-state index in [1.165, 1.54) is 6.08 Å². The van der Waals surface area contributed by atoms with Crippen LogP contribution in [0, 0.1) is 0 Å². The van der Waals surface area contributed by atoms with Gasteiger partial charge in [-0.05, 0) is 23.7 Å². The third-order valence-corrected chi connectivity index (χ3v) is 9.89. The Labute approximate surface area is 169 Å². The lowest BCUT2D eigenvalue weighted by Crippen LogP contribution is -2.55. The van der Waals surface area contributed by atoms with Crippen molar-refractivity contribution >= 4 is 26.1 Å². The van der Waals surface area contributed by atoms with E-state index in [-0.39, 0.29) is 23.1 Å². The van der Waals surface area contributed by atoms with Gasteiger partial charge in [-0.15, -0.1) is 6.58 Å². The third kappa shape index (κ3) is 5.18. The highest BCUT2D eigenvalue weighted by Crippen LogP contribution is 2.38. The maximum atomic E-state index is 12.8. The van der Waals surface area contributed by atoms with Crippen LogP contribution in [0.25, 0.3) is 6.08 Å². The topological polar surface area (TPSA) is 46.6 Å². The maximum Gasteiger partial charge on any atom is 0.230 e. The van der Waals surface area contributed by atoms with Crippen molar-refractivity contribution in [2.24, 2.45) is 0 Å². The third-order valence-electron chi connectivity index (χ3n) is 5.43. The van der Waals surface area contributed by atoms with Gasteiger partial charge in [0, 0.05) is 18.7 Å². The lowest BCUT2D eigenvalue weighted by molar-refractivity contribution is -0.134. The molecule has 0 saturated carbocycles. The maximum absolute atomic E-state index is 12.8. The van der Waals surface area contributed by atoms with Gasteiger partial charge in [0.1, 0.15) is 6.10 Å². The number of hydrogen-bond donors (Lipinski definition) is 0. The molecule has 0 saturated heterocycles.